The number of allylic oxidation sites excluding steroid dienone is 3. The van der Waals surface area contributed by atoms with Gasteiger partial charge in [-0.15, -0.1) is 51.7 Å². The summed E-state index contributed by atoms with van der Waals surface area (Å²) < 4.78 is 8.23. The summed E-state index contributed by atoms with van der Waals surface area (Å²) in [6, 6.07) is 17.4. The summed E-state index contributed by atoms with van der Waals surface area (Å²) in [5.41, 5.74) is 6.75. The standard InChI is InChI=1S/C21H20N3O.C7H5O2.K/c1-4-6-16-11-19(17-7-8-20-23-22-13-24(20)12-17)25-21-15(5-2)9-14(3)10-18(16)21;8-7(9)6-4-2-1-3-5-6;/h5-13H,4H2,1-3H3;1-4H,(H,8,9);/q2*-1;+1/b16-6-;;. The molecule has 0 radical (unpaired) electrons. The fourth-order valence-electron chi connectivity index (χ4n) is 3.73. The van der Waals surface area contributed by atoms with Crippen molar-refractivity contribution in [1.29, 1.82) is 0 Å². The van der Waals surface area contributed by atoms with Gasteiger partial charge in [-0.2, -0.15) is 12.5 Å². The van der Waals surface area contributed by atoms with Gasteiger partial charge in [0.15, 0.2) is 5.65 Å². The first-order chi connectivity index (χ1) is 16.5. The summed E-state index contributed by atoms with van der Waals surface area (Å²) in [5.74, 6) is 0.833. The van der Waals surface area contributed by atoms with Crippen LogP contribution in [0.2, 0.25) is 0 Å². The van der Waals surface area contributed by atoms with Crippen LogP contribution in [-0.2, 0) is 0 Å². The van der Waals surface area contributed by atoms with Crippen molar-refractivity contribution >= 4 is 22.9 Å². The Bertz CT molecular complexity index is 1390. The van der Waals surface area contributed by atoms with Crippen molar-refractivity contribution in [2.24, 2.45) is 0 Å². The average molecular weight is 491 g/mol. The molecule has 0 aliphatic carbocycles. The molecule has 7 heteroatoms. The molecule has 0 saturated heterocycles. The third-order valence-corrected chi connectivity index (χ3v) is 5.32. The predicted molar refractivity (Wildman–Crippen MR) is 132 cm³/mol. The second-order valence-electron chi connectivity index (χ2n) is 7.79. The summed E-state index contributed by atoms with van der Waals surface area (Å²) in [7, 11) is 0. The zero-order valence-electron chi connectivity index (χ0n) is 20.3. The third-order valence-electron chi connectivity index (χ3n) is 5.32. The molecule has 0 atom stereocenters. The molecule has 4 aromatic rings. The molecular weight excluding hydrogens is 465 g/mol. The zero-order valence-corrected chi connectivity index (χ0v) is 23.4. The number of carbonyl (C=O) groups is 1. The second kappa shape index (κ2) is 12.3. The molecular formula is C28H25KN3O3-. The van der Waals surface area contributed by atoms with Crippen molar-refractivity contribution in [3.63, 3.8) is 0 Å². The molecule has 0 saturated carbocycles. The van der Waals surface area contributed by atoms with Gasteiger partial charge in [-0.3, -0.25) is 4.40 Å². The number of ether oxygens (including phenoxy) is 1. The molecule has 2 aromatic heterocycles. The Labute approximate surface area is 247 Å². The fraction of sp³-hybridized carbons (Fsp3) is 0.143. The molecule has 0 amide bonds. The van der Waals surface area contributed by atoms with Crippen LogP contribution in [-0.4, -0.2) is 25.7 Å². The molecule has 0 unspecified atom stereocenters. The van der Waals surface area contributed by atoms with Crippen molar-refractivity contribution < 1.29 is 66.0 Å². The Balaban J connectivity index is 0.000000291. The average Bonchev–Trinajstić information content (AvgIpc) is 3.33. The maximum atomic E-state index is 10.2. The number of carboxylic acids is 1. The number of aromatic carboxylic acids is 1. The number of nitrogens with zero attached hydrogens (tertiary/aromatic N) is 3. The second-order valence-corrected chi connectivity index (χ2v) is 7.79. The molecule has 1 aliphatic heterocycles. The first kappa shape index (κ1) is 26.9. The zero-order chi connectivity index (χ0) is 24.1. The van der Waals surface area contributed by atoms with Crippen LogP contribution in [0.15, 0.2) is 73.2 Å². The molecule has 1 aliphatic rings. The first-order valence-electron chi connectivity index (χ1n) is 11.0. The van der Waals surface area contributed by atoms with Crippen LogP contribution in [0.25, 0.3) is 17.0 Å². The number of aryl methyl sites for hydroxylation is 1. The van der Waals surface area contributed by atoms with E-state index in [4.69, 9.17) is 9.84 Å². The van der Waals surface area contributed by atoms with Crippen LogP contribution >= 0.6 is 0 Å². The Kier molecular flexibility index (Phi) is 9.48. The molecule has 35 heavy (non-hydrogen) atoms. The van der Waals surface area contributed by atoms with Crippen molar-refractivity contribution in [3.05, 3.63) is 114 Å². The van der Waals surface area contributed by atoms with Crippen LogP contribution in [0.3, 0.4) is 0 Å². The predicted octanol–water partition coefficient (Wildman–Crippen LogP) is 3.03. The monoisotopic (exact) mass is 490 g/mol. The number of rotatable bonds is 4. The van der Waals surface area contributed by atoms with Gasteiger partial charge in [0, 0.05) is 17.5 Å². The molecule has 0 fully saturated rings. The van der Waals surface area contributed by atoms with Crippen molar-refractivity contribution in [2.45, 2.75) is 27.2 Å². The van der Waals surface area contributed by atoms with E-state index in [0.29, 0.717) is 0 Å². The van der Waals surface area contributed by atoms with Gasteiger partial charge in [-0.25, -0.2) is 0 Å². The Morgan fingerprint density at radius 3 is 2.74 bits per heavy atom. The summed E-state index contributed by atoms with van der Waals surface area (Å²) >= 11 is 0. The summed E-state index contributed by atoms with van der Waals surface area (Å²) in [6.07, 6.45) is 11.1. The number of aromatic nitrogens is 3. The molecule has 172 valence electrons. The van der Waals surface area contributed by atoms with E-state index in [1.165, 1.54) is 17.2 Å². The largest absolute Gasteiger partial charge is 1.00 e. The molecule has 0 spiro atoms. The van der Waals surface area contributed by atoms with E-state index in [1.54, 1.807) is 24.5 Å². The van der Waals surface area contributed by atoms with E-state index in [2.05, 4.69) is 60.8 Å². The van der Waals surface area contributed by atoms with Gasteiger partial charge >= 0.3 is 51.4 Å². The van der Waals surface area contributed by atoms with E-state index < -0.39 is 5.97 Å². The number of hydrogen-bond acceptors (Lipinski definition) is 4. The topological polar surface area (TPSA) is 76.7 Å². The quantitative estimate of drug-likeness (QED) is 0.352. The van der Waals surface area contributed by atoms with E-state index in [-0.39, 0.29) is 56.9 Å². The maximum absolute atomic E-state index is 10.2. The summed E-state index contributed by atoms with van der Waals surface area (Å²) in [5, 5.41) is 16.4. The van der Waals surface area contributed by atoms with E-state index in [9.17, 15) is 4.79 Å². The third kappa shape index (κ3) is 6.31. The fourth-order valence-corrected chi connectivity index (χ4v) is 3.73. The van der Waals surface area contributed by atoms with Crippen molar-refractivity contribution in [3.8, 4) is 5.75 Å². The maximum Gasteiger partial charge on any atom is 1.00 e. The molecule has 5 rings (SSSR count). The number of fused-ring (bicyclic) bond motifs is 2. The Hall–Kier alpha value is -2.68. The van der Waals surface area contributed by atoms with Crippen LogP contribution in [0.4, 0.5) is 0 Å². The summed E-state index contributed by atoms with van der Waals surface area (Å²) in [4.78, 5) is 10.2. The number of carboxylic acid groups (broad SMARTS) is 1. The number of pyridine rings is 1. The SMILES string of the molecule is C[CH-]c1cc(C)cc2c1OC(c1ccc3nncn3c1)=C/C2=C/CC.O=C(O)c1[c-]cccc1.[K+]. The van der Waals surface area contributed by atoms with Gasteiger partial charge in [0.05, 0.1) is 0 Å². The Morgan fingerprint density at radius 2 is 2.09 bits per heavy atom. The van der Waals surface area contributed by atoms with E-state index in [0.717, 1.165) is 40.3 Å². The van der Waals surface area contributed by atoms with Gasteiger partial charge < -0.3 is 14.6 Å². The molecule has 1 N–H and O–H groups in total. The van der Waals surface area contributed by atoms with Gasteiger partial charge in [-0.05, 0) is 35.8 Å². The van der Waals surface area contributed by atoms with Crippen LogP contribution < -0.4 is 56.1 Å². The summed E-state index contributed by atoms with van der Waals surface area (Å²) in [6.45, 7) is 6.32. The van der Waals surface area contributed by atoms with Crippen LogP contribution in [0.1, 0.15) is 52.9 Å². The van der Waals surface area contributed by atoms with Gasteiger partial charge in [-0.1, -0.05) is 38.5 Å². The number of hydrogen-bond donors (Lipinski definition) is 1. The van der Waals surface area contributed by atoms with Crippen molar-refractivity contribution in [2.75, 3.05) is 0 Å². The minimum atomic E-state index is -0.935. The van der Waals surface area contributed by atoms with E-state index in [1.807, 2.05) is 29.7 Å². The van der Waals surface area contributed by atoms with Gasteiger partial charge in [0.1, 0.15) is 12.1 Å². The molecule has 0 bridgehead atoms. The normalized spacial score (nSPS) is 13.0. The van der Waals surface area contributed by atoms with E-state index >= 15 is 0 Å². The van der Waals surface area contributed by atoms with Crippen molar-refractivity contribution in [1.82, 2.24) is 14.6 Å². The minimum absolute atomic E-state index is 0. The molecule has 6 nitrogen and oxygen atoms in total. The first-order valence-corrected chi connectivity index (χ1v) is 11.0. The Morgan fingerprint density at radius 1 is 1.26 bits per heavy atom. The number of benzene rings is 2. The van der Waals surface area contributed by atoms with Gasteiger partial charge in [0.25, 0.3) is 0 Å². The minimum Gasteiger partial charge on any atom is -0.521 e. The molecule has 2 aromatic carbocycles. The van der Waals surface area contributed by atoms with Crippen LogP contribution in [0.5, 0.6) is 5.75 Å². The smallest absolute Gasteiger partial charge is 0.521 e. The van der Waals surface area contributed by atoms with Crippen LogP contribution in [0, 0.1) is 19.4 Å². The molecule has 3 heterocycles. The van der Waals surface area contributed by atoms with Gasteiger partial charge in [0.2, 0.25) is 5.97 Å².